The lowest BCUT2D eigenvalue weighted by molar-refractivity contribution is 0.381. The monoisotopic (exact) mass is 468 g/mol. The minimum Gasteiger partial charge on any atom is -0.330 e. The number of rotatable bonds is 20. The van der Waals surface area contributed by atoms with Crippen molar-refractivity contribution in [3.05, 3.63) is 0 Å². The van der Waals surface area contributed by atoms with E-state index in [0.717, 1.165) is 13.1 Å². The lowest BCUT2D eigenvalue weighted by Gasteiger charge is -2.00. The van der Waals surface area contributed by atoms with E-state index in [1.807, 2.05) is 0 Å². The summed E-state index contributed by atoms with van der Waals surface area (Å²) >= 11 is 0. The van der Waals surface area contributed by atoms with Crippen molar-refractivity contribution in [2.75, 3.05) is 13.1 Å². The Morgan fingerprint density at radius 3 is 0.774 bits per heavy atom. The Hall–Kier alpha value is -0.210. The van der Waals surface area contributed by atoms with Crippen molar-refractivity contribution < 1.29 is 17.5 Å². The van der Waals surface area contributed by atoms with E-state index < -0.39 is 10.4 Å². The molecular formula is C24H56N2O4S. The first-order chi connectivity index (χ1) is 14.8. The molecule has 31 heavy (non-hydrogen) atoms. The van der Waals surface area contributed by atoms with Gasteiger partial charge in [-0.1, -0.05) is 129 Å². The van der Waals surface area contributed by atoms with Crippen molar-refractivity contribution in [2.45, 2.75) is 142 Å². The third kappa shape index (κ3) is 58.7. The summed E-state index contributed by atoms with van der Waals surface area (Å²) in [4.78, 5) is 0. The number of hydrogen-bond donors (Lipinski definition) is 4. The molecule has 7 heteroatoms. The summed E-state index contributed by atoms with van der Waals surface area (Å²) in [7, 11) is -4.67. The number of unbranched alkanes of at least 4 members (excludes halogenated alkanes) is 18. The third-order valence-electron chi connectivity index (χ3n) is 5.12. The van der Waals surface area contributed by atoms with Crippen LogP contribution in [-0.4, -0.2) is 30.6 Å². The summed E-state index contributed by atoms with van der Waals surface area (Å²) in [5.74, 6) is 0. The van der Waals surface area contributed by atoms with Crippen molar-refractivity contribution in [2.24, 2.45) is 11.5 Å². The highest BCUT2D eigenvalue weighted by Gasteiger charge is 1.92. The zero-order chi connectivity index (χ0) is 24.1. The third-order valence-corrected chi connectivity index (χ3v) is 5.12. The molecule has 6 nitrogen and oxygen atoms in total. The van der Waals surface area contributed by atoms with Crippen LogP contribution in [0.15, 0.2) is 0 Å². The molecule has 0 saturated carbocycles. The van der Waals surface area contributed by atoms with Gasteiger partial charge in [0.2, 0.25) is 0 Å². The van der Waals surface area contributed by atoms with E-state index >= 15 is 0 Å². The molecule has 0 aromatic carbocycles. The molecule has 0 spiro atoms. The van der Waals surface area contributed by atoms with Crippen molar-refractivity contribution in [3.8, 4) is 0 Å². The van der Waals surface area contributed by atoms with Crippen molar-refractivity contribution in [1.29, 1.82) is 0 Å². The van der Waals surface area contributed by atoms with Crippen LogP contribution in [0.4, 0.5) is 0 Å². The minimum atomic E-state index is -4.67. The normalized spacial score (nSPS) is 10.8. The molecule has 192 valence electrons. The van der Waals surface area contributed by atoms with Gasteiger partial charge in [0.1, 0.15) is 0 Å². The molecule has 0 amide bonds. The summed E-state index contributed by atoms with van der Waals surface area (Å²) < 4.78 is 31.6. The molecule has 0 bridgehead atoms. The van der Waals surface area contributed by atoms with E-state index in [0.29, 0.717) is 0 Å². The standard InChI is InChI=1S/2C12H27N.H2O4S/c2*1-2-3-4-5-6-7-8-9-10-11-12-13;1-5(2,3)4/h2*2-13H2,1H3;(H2,1,2,3,4). The molecule has 0 atom stereocenters. The lowest BCUT2D eigenvalue weighted by Crippen LogP contribution is -1.97. The van der Waals surface area contributed by atoms with Crippen LogP contribution in [0.3, 0.4) is 0 Å². The van der Waals surface area contributed by atoms with Crippen molar-refractivity contribution in [3.63, 3.8) is 0 Å². The molecule has 0 radical (unpaired) electrons. The summed E-state index contributed by atoms with van der Waals surface area (Å²) in [6, 6.07) is 0. The largest absolute Gasteiger partial charge is 0.394 e. The van der Waals surface area contributed by atoms with E-state index in [2.05, 4.69) is 13.8 Å². The van der Waals surface area contributed by atoms with E-state index in [1.54, 1.807) is 0 Å². The van der Waals surface area contributed by atoms with Gasteiger partial charge in [0.05, 0.1) is 0 Å². The maximum atomic E-state index is 8.74. The van der Waals surface area contributed by atoms with Gasteiger partial charge in [-0.2, -0.15) is 8.42 Å². The van der Waals surface area contributed by atoms with Gasteiger partial charge in [-0.3, -0.25) is 9.11 Å². The van der Waals surface area contributed by atoms with Gasteiger partial charge in [0, 0.05) is 0 Å². The highest BCUT2D eigenvalue weighted by molar-refractivity contribution is 7.79. The predicted molar refractivity (Wildman–Crippen MR) is 136 cm³/mol. The van der Waals surface area contributed by atoms with Gasteiger partial charge < -0.3 is 11.5 Å². The van der Waals surface area contributed by atoms with Gasteiger partial charge in [-0.25, -0.2) is 0 Å². The first-order valence-corrected chi connectivity index (χ1v) is 14.3. The Morgan fingerprint density at radius 2 is 0.613 bits per heavy atom. The molecule has 0 heterocycles. The number of nitrogens with two attached hydrogens (primary N) is 2. The SMILES string of the molecule is CCCCCCCCCCCCN.CCCCCCCCCCCCN.O=S(=O)(O)O. The first-order valence-electron chi connectivity index (χ1n) is 12.9. The van der Waals surface area contributed by atoms with E-state index in [1.165, 1.54) is 128 Å². The van der Waals surface area contributed by atoms with Crippen molar-refractivity contribution in [1.82, 2.24) is 0 Å². The van der Waals surface area contributed by atoms with Gasteiger partial charge in [0.25, 0.3) is 0 Å². The Kier molecular flexibility index (Phi) is 36.5. The van der Waals surface area contributed by atoms with Crippen molar-refractivity contribution >= 4 is 10.4 Å². The first kappa shape index (κ1) is 35.4. The van der Waals surface area contributed by atoms with Gasteiger partial charge in [-0.15, -0.1) is 0 Å². The fraction of sp³-hybridized carbons (Fsp3) is 1.00. The molecule has 0 saturated heterocycles. The topological polar surface area (TPSA) is 127 Å². The quantitative estimate of drug-likeness (QED) is 0.112. The Balaban J connectivity index is -0.000000416. The molecule has 0 fully saturated rings. The predicted octanol–water partition coefficient (Wildman–Crippen LogP) is 7.08. The summed E-state index contributed by atoms with van der Waals surface area (Å²) in [5.41, 5.74) is 10.8. The van der Waals surface area contributed by atoms with Crippen LogP contribution in [0.2, 0.25) is 0 Å². The molecule has 0 aliphatic rings. The van der Waals surface area contributed by atoms with Gasteiger partial charge >= 0.3 is 10.4 Å². The van der Waals surface area contributed by atoms with Crippen LogP contribution in [0.5, 0.6) is 0 Å². The highest BCUT2D eigenvalue weighted by Crippen LogP contribution is 2.10. The number of hydrogen-bond acceptors (Lipinski definition) is 4. The van der Waals surface area contributed by atoms with E-state index in [-0.39, 0.29) is 0 Å². The van der Waals surface area contributed by atoms with Crippen LogP contribution < -0.4 is 11.5 Å². The second kappa shape index (κ2) is 32.0. The zero-order valence-electron chi connectivity index (χ0n) is 20.8. The van der Waals surface area contributed by atoms with Crippen LogP contribution in [-0.2, 0) is 10.4 Å². The molecule has 0 rings (SSSR count). The maximum absolute atomic E-state index is 8.74. The van der Waals surface area contributed by atoms with Crippen LogP contribution in [0.1, 0.15) is 142 Å². The fourth-order valence-corrected chi connectivity index (χ4v) is 3.26. The second-order valence-electron chi connectivity index (χ2n) is 8.39. The Bertz CT molecular complexity index is 343. The van der Waals surface area contributed by atoms with E-state index in [9.17, 15) is 0 Å². The Morgan fingerprint density at radius 1 is 0.452 bits per heavy atom. The zero-order valence-corrected chi connectivity index (χ0v) is 21.6. The molecule has 0 aromatic rings. The molecule has 0 unspecified atom stereocenters. The average molecular weight is 469 g/mol. The molecule has 0 aliphatic heterocycles. The average Bonchev–Trinajstić information content (AvgIpc) is 2.71. The molecular weight excluding hydrogens is 412 g/mol. The maximum Gasteiger partial charge on any atom is 0.394 e. The van der Waals surface area contributed by atoms with Gasteiger partial charge in [0.15, 0.2) is 0 Å². The summed E-state index contributed by atoms with van der Waals surface area (Å²) in [6.07, 6.45) is 27.9. The van der Waals surface area contributed by atoms with Crippen LogP contribution in [0.25, 0.3) is 0 Å². The fourth-order valence-electron chi connectivity index (χ4n) is 3.26. The van der Waals surface area contributed by atoms with Crippen LogP contribution >= 0.6 is 0 Å². The van der Waals surface area contributed by atoms with Gasteiger partial charge in [-0.05, 0) is 25.9 Å². The highest BCUT2D eigenvalue weighted by atomic mass is 32.3. The second-order valence-corrected chi connectivity index (χ2v) is 9.28. The van der Waals surface area contributed by atoms with Crippen LogP contribution in [0, 0.1) is 0 Å². The summed E-state index contributed by atoms with van der Waals surface area (Å²) in [6.45, 7) is 6.28. The summed E-state index contributed by atoms with van der Waals surface area (Å²) in [5, 5.41) is 0. The Labute approximate surface area is 194 Å². The molecule has 6 N–H and O–H groups in total. The molecule has 0 aromatic heterocycles. The lowest BCUT2D eigenvalue weighted by atomic mass is 10.1. The molecule has 0 aliphatic carbocycles. The van der Waals surface area contributed by atoms with E-state index in [4.69, 9.17) is 29.0 Å². The smallest absolute Gasteiger partial charge is 0.330 e. The minimum absolute atomic E-state index is 0.872.